The van der Waals surface area contributed by atoms with Gasteiger partial charge in [-0.05, 0) is 38.5 Å². The minimum Gasteiger partial charge on any atom is -0.375 e. The van der Waals surface area contributed by atoms with Gasteiger partial charge in [-0.25, -0.2) is 0 Å². The van der Waals surface area contributed by atoms with Crippen molar-refractivity contribution in [3.8, 4) is 0 Å². The highest BCUT2D eigenvalue weighted by Crippen LogP contribution is 2.22. The molecule has 1 aliphatic rings. The molecule has 0 amide bonds. The van der Waals surface area contributed by atoms with Crippen LogP contribution in [0.25, 0.3) is 0 Å². The van der Waals surface area contributed by atoms with E-state index in [4.69, 9.17) is 0 Å². The zero-order valence-electron chi connectivity index (χ0n) is 16.0. The lowest BCUT2D eigenvalue weighted by atomic mass is 10.0. The summed E-state index contributed by atoms with van der Waals surface area (Å²) in [5, 5.41) is 0. The maximum Gasteiger partial charge on any atom is 0.0175 e. The molecule has 2 heteroatoms. The van der Waals surface area contributed by atoms with E-state index in [-0.39, 0.29) is 12.4 Å². The Morgan fingerprint density at radius 1 is 0.783 bits per heavy atom. The third-order valence-corrected chi connectivity index (χ3v) is 4.99. The lowest BCUT2D eigenvalue weighted by Crippen LogP contribution is -2.28. The van der Waals surface area contributed by atoms with Gasteiger partial charge in [-0.15, -0.1) is 12.4 Å². The second-order valence-electron chi connectivity index (χ2n) is 7.11. The van der Waals surface area contributed by atoms with E-state index in [1.54, 1.807) is 5.70 Å². The molecular weight excluding hydrogens is 302 g/mol. The number of unbranched alkanes of at least 4 members (excludes halogenated alkanes) is 10. The van der Waals surface area contributed by atoms with Gasteiger partial charge < -0.3 is 4.90 Å². The van der Waals surface area contributed by atoms with Crippen molar-refractivity contribution in [1.82, 2.24) is 4.90 Å². The average Bonchev–Trinajstić information content (AvgIpc) is 2.55. The Balaban J connectivity index is 0.00000484. The Hall–Kier alpha value is -0.170. The van der Waals surface area contributed by atoms with Crippen LogP contribution in [0.2, 0.25) is 0 Å². The highest BCUT2D eigenvalue weighted by Gasteiger charge is 2.13. The molecule has 0 radical (unpaired) electrons. The van der Waals surface area contributed by atoms with Gasteiger partial charge in [0.05, 0.1) is 0 Å². The minimum absolute atomic E-state index is 0. The molecule has 1 fully saturated rings. The number of likely N-dealkylation sites (tertiary alicyclic amines) is 1. The Morgan fingerprint density at radius 2 is 1.39 bits per heavy atom. The van der Waals surface area contributed by atoms with Crippen molar-refractivity contribution in [1.29, 1.82) is 0 Å². The van der Waals surface area contributed by atoms with Crippen LogP contribution in [-0.2, 0) is 0 Å². The molecule has 138 valence electrons. The van der Waals surface area contributed by atoms with Crippen molar-refractivity contribution in [2.45, 2.75) is 110 Å². The second-order valence-corrected chi connectivity index (χ2v) is 7.11. The fraction of sp³-hybridized carbons (Fsp3) is 0.905. The summed E-state index contributed by atoms with van der Waals surface area (Å²) >= 11 is 0. The standard InChI is InChI=1S/C21H41N.ClH/c1-3-5-7-8-9-10-11-12-13-14-17-21-18-15-16-20-22(21)19-6-4-2;/h17H,3-16,18-20H2,1-2H3;1H. The van der Waals surface area contributed by atoms with Gasteiger partial charge in [-0.2, -0.15) is 0 Å². The van der Waals surface area contributed by atoms with Crippen LogP contribution in [0.5, 0.6) is 0 Å². The molecule has 0 atom stereocenters. The maximum atomic E-state index is 2.67. The van der Waals surface area contributed by atoms with Crippen molar-refractivity contribution in [2.24, 2.45) is 0 Å². The predicted molar refractivity (Wildman–Crippen MR) is 108 cm³/mol. The summed E-state index contributed by atoms with van der Waals surface area (Å²) in [7, 11) is 0. The minimum atomic E-state index is 0. The molecule has 1 saturated heterocycles. The van der Waals surface area contributed by atoms with Crippen LogP contribution < -0.4 is 0 Å². The van der Waals surface area contributed by atoms with E-state index < -0.39 is 0 Å². The number of hydrogen-bond donors (Lipinski definition) is 0. The van der Waals surface area contributed by atoms with E-state index in [9.17, 15) is 0 Å². The third kappa shape index (κ3) is 11.9. The fourth-order valence-electron chi connectivity index (χ4n) is 3.47. The second kappa shape index (κ2) is 16.7. The average molecular weight is 344 g/mol. The number of halogens is 1. The van der Waals surface area contributed by atoms with Crippen LogP contribution in [0.3, 0.4) is 0 Å². The Labute approximate surface area is 152 Å². The summed E-state index contributed by atoms with van der Waals surface area (Å²) in [6, 6.07) is 0. The first-order valence-corrected chi connectivity index (χ1v) is 10.3. The molecule has 23 heavy (non-hydrogen) atoms. The van der Waals surface area contributed by atoms with E-state index in [1.165, 1.54) is 109 Å². The highest BCUT2D eigenvalue weighted by molar-refractivity contribution is 5.85. The summed E-state index contributed by atoms with van der Waals surface area (Å²) in [6.45, 7) is 7.20. The molecule has 0 aromatic rings. The van der Waals surface area contributed by atoms with E-state index in [1.807, 2.05) is 0 Å². The van der Waals surface area contributed by atoms with Gasteiger partial charge in [0.15, 0.2) is 0 Å². The van der Waals surface area contributed by atoms with Crippen LogP contribution in [0, 0.1) is 0 Å². The monoisotopic (exact) mass is 343 g/mol. The topological polar surface area (TPSA) is 3.24 Å². The van der Waals surface area contributed by atoms with Crippen LogP contribution in [-0.4, -0.2) is 18.0 Å². The first kappa shape index (κ1) is 22.8. The molecule has 1 rings (SSSR count). The van der Waals surface area contributed by atoms with Crippen LogP contribution in [0.15, 0.2) is 11.8 Å². The first-order chi connectivity index (χ1) is 10.9. The Morgan fingerprint density at radius 3 is 2.04 bits per heavy atom. The van der Waals surface area contributed by atoms with E-state index in [0.717, 1.165) is 0 Å². The summed E-state index contributed by atoms with van der Waals surface area (Å²) in [5.74, 6) is 0. The molecule has 1 aliphatic heterocycles. The van der Waals surface area contributed by atoms with Gasteiger partial charge in [-0.3, -0.25) is 0 Å². The molecule has 0 aromatic heterocycles. The molecule has 1 heterocycles. The molecule has 0 aromatic carbocycles. The SMILES string of the molecule is CCCCCCCCCCCC=C1CCCCN1CCCC.Cl. The molecule has 0 aliphatic carbocycles. The molecule has 0 spiro atoms. The Bertz CT molecular complexity index is 275. The zero-order chi connectivity index (χ0) is 15.9. The van der Waals surface area contributed by atoms with Crippen molar-refractivity contribution in [3.05, 3.63) is 11.8 Å². The fourth-order valence-corrected chi connectivity index (χ4v) is 3.47. The summed E-state index contributed by atoms with van der Waals surface area (Å²) in [4.78, 5) is 2.67. The summed E-state index contributed by atoms with van der Waals surface area (Å²) < 4.78 is 0. The van der Waals surface area contributed by atoms with E-state index in [0.29, 0.717) is 0 Å². The number of allylic oxidation sites excluding steroid dienone is 2. The molecule has 1 nitrogen and oxygen atoms in total. The number of nitrogens with zero attached hydrogens (tertiary/aromatic N) is 1. The summed E-state index contributed by atoms with van der Waals surface area (Å²) in [5.41, 5.74) is 1.67. The van der Waals surface area contributed by atoms with Gasteiger partial charge in [0.2, 0.25) is 0 Å². The molecule has 0 saturated carbocycles. The molecule has 0 unspecified atom stereocenters. The molecule has 0 N–H and O–H groups in total. The van der Waals surface area contributed by atoms with E-state index >= 15 is 0 Å². The predicted octanol–water partition coefficient (Wildman–Crippen LogP) is 7.50. The van der Waals surface area contributed by atoms with Crippen molar-refractivity contribution < 1.29 is 0 Å². The number of piperidine rings is 1. The van der Waals surface area contributed by atoms with Crippen LogP contribution >= 0.6 is 12.4 Å². The van der Waals surface area contributed by atoms with Crippen molar-refractivity contribution >= 4 is 12.4 Å². The van der Waals surface area contributed by atoms with Crippen LogP contribution in [0.1, 0.15) is 110 Å². The van der Waals surface area contributed by atoms with E-state index in [2.05, 4.69) is 24.8 Å². The highest BCUT2D eigenvalue weighted by atomic mass is 35.5. The smallest absolute Gasteiger partial charge is 0.0175 e. The first-order valence-electron chi connectivity index (χ1n) is 10.3. The normalized spacial score (nSPS) is 16.6. The Kier molecular flexibility index (Phi) is 16.6. The zero-order valence-corrected chi connectivity index (χ0v) is 16.8. The molecular formula is C21H42ClN. The summed E-state index contributed by atoms with van der Waals surface area (Å²) in [6.07, 6.45) is 23.6. The quantitative estimate of drug-likeness (QED) is 0.313. The maximum absolute atomic E-state index is 2.67. The van der Waals surface area contributed by atoms with Gasteiger partial charge in [0, 0.05) is 18.8 Å². The van der Waals surface area contributed by atoms with Crippen molar-refractivity contribution in [3.63, 3.8) is 0 Å². The van der Waals surface area contributed by atoms with Gasteiger partial charge in [0.25, 0.3) is 0 Å². The number of hydrogen-bond acceptors (Lipinski definition) is 1. The van der Waals surface area contributed by atoms with Gasteiger partial charge in [-0.1, -0.05) is 77.7 Å². The largest absolute Gasteiger partial charge is 0.375 e. The third-order valence-electron chi connectivity index (χ3n) is 4.99. The van der Waals surface area contributed by atoms with Gasteiger partial charge >= 0.3 is 0 Å². The lowest BCUT2D eigenvalue weighted by molar-refractivity contribution is 0.284. The van der Waals surface area contributed by atoms with Gasteiger partial charge in [0.1, 0.15) is 0 Å². The van der Waals surface area contributed by atoms with Crippen LogP contribution in [0.4, 0.5) is 0 Å². The number of rotatable bonds is 13. The van der Waals surface area contributed by atoms with Crippen molar-refractivity contribution in [2.75, 3.05) is 13.1 Å². The lowest BCUT2D eigenvalue weighted by Gasteiger charge is -2.32. The molecule has 0 bridgehead atoms.